The first-order valence-electron chi connectivity index (χ1n) is 12.2. The fourth-order valence-electron chi connectivity index (χ4n) is 5.47. The Morgan fingerprint density at radius 3 is 2.21 bits per heavy atom. The third-order valence-electron chi connectivity index (χ3n) is 7.49. The standard InChI is InChI=1S/C17H24P.C13H9.2ClH.Ti/c1-5-13(3)18(14(4)6-2)17-11-15-9-7-8-10-16(15)12-17;1-3-7-12-10(5-1)9-11-6-2-4-8-13(11)12;;;/h7-14H,5-6H2,1-4H3;1-5,7-8H,9H2;2*1H;/q;;;;+2/p-2. The van der Waals surface area contributed by atoms with Crippen LogP contribution in [0.5, 0.6) is 0 Å². The van der Waals surface area contributed by atoms with Gasteiger partial charge in [0, 0.05) is 0 Å². The van der Waals surface area contributed by atoms with E-state index in [2.05, 4.69) is 101 Å². The molecule has 0 radical (unpaired) electrons. The Balaban J connectivity index is 0.00000162. The summed E-state index contributed by atoms with van der Waals surface area (Å²) >= 11 is -0.338. The molecule has 0 amide bonds. The van der Waals surface area contributed by atoms with Gasteiger partial charge in [-0.3, -0.25) is 0 Å². The quantitative estimate of drug-likeness (QED) is 0.248. The Morgan fingerprint density at radius 1 is 0.824 bits per heavy atom. The Labute approximate surface area is 228 Å². The molecule has 4 heteroatoms. The van der Waals surface area contributed by atoms with Crippen molar-refractivity contribution in [2.75, 3.05) is 0 Å². The van der Waals surface area contributed by atoms with Crippen LogP contribution in [-0.2, 0) is 25.6 Å². The molecule has 2 aliphatic rings. The molecule has 3 aromatic rings. The van der Waals surface area contributed by atoms with Gasteiger partial charge in [0.15, 0.2) is 0 Å². The molecule has 0 saturated heterocycles. The summed E-state index contributed by atoms with van der Waals surface area (Å²) in [5.41, 5.74) is 10.8. The number of benzene rings is 3. The summed E-state index contributed by atoms with van der Waals surface area (Å²) in [6.07, 6.45) is 6.30. The van der Waals surface area contributed by atoms with Gasteiger partial charge in [-0.2, -0.15) is 0 Å². The SMILES string of the molecule is CCC(C)P(C1=Cc2ccccc2[CH]1[Ti+2][c]1cccc2c1Cc1ccccc1-2)C(C)CC.[Cl-].[Cl-]. The van der Waals surface area contributed by atoms with Gasteiger partial charge in [0.25, 0.3) is 0 Å². The predicted octanol–water partition coefficient (Wildman–Crippen LogP) is 2.15. The van der Waals surface area contributed by atoms with E-state index in [0.29, 0.717) is 4.22 Å². The van der Waals surface area contributed by atoms with E-state index in [0.717, 1.165) is 17.7 Å². The van der Waals surface area contributed by atoms with Crippen LogP contribution in [0.15, 0.2) is 72.0 Å². The van der Waals surface area contributed by atoms with Crippen LogP contribution in [-0.4, -0.2) is 11.3 Å². The monoisotopic (exact) mass is 542 g/mol. The van der Waals surface area contributed by atoms with Gasteiger partial charge in [-0.25, -0.2) is 0 Å². The number of fused-ring (bicyclic) bond motifs is 4. The van der Waals surface area contributed by atoms with E-state index in [1.54, 1.807) is 20.3 Å². The second kappa shape index (κ2) is 11.9. The summed E-state index contributed by atoms with van der Waals surface area (Å²) in [4.78, 5) is 0. The van der Waals surface area contributed by atoms with Crippen molar-refractivity contribution in [2.45, 2.75) is 62.5 Å². The zero-order chi connectivity index (χ0) is 22.2. The van der Waals surface area contributed by atoms with Crippen molar-refractivity contribution in [1.29, 1.82) is 0 Å². The number of allylic oxidation sites excluding steroid dienone is 1. The first-order valence-corrected chi connectivity index (χ1v) is 15.3. The fourth-order valence-corrected chi connectivity index (χ4v) is 12.3. The molecule has 5 rings (SSSR count). The average molecular weight is 543 g/mol. The summed E-state index contributed by atoms with van der Waals surface area (Å²) in [6, 6.07) is 25.4. The van der Waals surface area contributed by atoms with Gasteiger partial charge in [-0.05, 0) is 0 Å². The van der Waals surface area contributed by atoms with Crippen molar-refractivity contribution in [2.24, 2.45) is 0 Å². The molecule has 2 aliphatic carbocycles. The van der Waals surface area contributed by atoms with Crippen LogP contribution in [0.25, 0.3) is 17.2 Å². The molecule has 3 aromatic carbocycles. The second-order valence-electron chi connectivity index (χ2n) is 9.36. The molecule has 34 heavy (non-hydrogen) atoms. The van der Waals surface area contributed by atoms with Crippen LogP contribution in [0.1, 0.15) is 67.0 Å². The zero-order valence-electron chi connectivity index (χ0n) is 20.5. The third kappa shape index (κ3) is 5.00. The van der Waals surface area contributed by atoms with Gasteiger partial charge in [0.05, 0.1) is 0 Å². The zero-order valence-corrected chi connectivity index (χ0v) is 24.5. The topological polar surface area (TPSA) is 0 Å². The van der Waals surface area contributed by atoms with E-state index in [-0.39, 0.29) is 51.9 Å². The van der Waals surface area contributed by atoms with Crippen molar-refractivity contribution in [3.63, 3.8) is 0 Å². The summed E-state index contributed by atoms with van der Waals surface area (Å²) in [6.45, 7) is 9.79. The van der Waals surface area contributed by atoms with Crippen LogP contribution in [0.3, 0.4) is 0 Å². The third-order valence-corrected chi connectivity index (χ3v) is 14.1. The van der Waals surface area contributed by atoms with Gasteiger partial charge in [0.1, 0.15) is 0 Å². The maximum Gasteiger partial charge on any atom is -1.00 e. The predicted molar refractivity (Wildman–Crippen MR) is 138 cm³/mol. The molecule has 0 spiro atoms. The second-order valence-corrected chi connectivity index (χ2v) is 14.7. The Hall–Kier alpha value is -0.876. The van der Waals surface area contributed by atoms with Crippen molar-refractivity contribution < 1.29 is 44.0 Å². The van der Waals surface area contributed by atoms with Crippen molar-refractivity contribution in [3.05, 3.63) is 94.3 Å². The Bertz CT molecular complexity index is 1160. The molecule has 0 heterocycles. The number of rotatable bonds is 7. The molecule has 3 unspecified atom stereocenters. The van der Waals surface area contributed by atoms with Crippen LogP contribution in [0, 0.1) is 0 Å². The van der Waals surface area contributed by atoms with E-state index < -0.39 is 0 Å². The average Bonchev–Trinajstić information content (AvgIpc) is 3.38. The van der Waals surface area contributed by atoms with Gasteiger partial charge in [-0.15, -0.1) is 0 Å². The smallest absolute Gasteiger partial charge is 1.00 e. The molecule has 176 valence electrons. The van der Waals surface area contributed by atoms with E-state index in [9.17, 15) is 0 Å². The van der Waals surface area contributed by atoms with Crippen molar-refractivity contribution in [3.8, 4) is 11.1 Å². The van der Waals surface area contributed by atoms with E-state index in [1.807, 2.05) is 0 Å². The molecular formula is C30H33Cl2PTi. The molecule has 0 nitrogen and oxygen atoms in total. The van der Waals surface area contributed by atoms with E-state index in [4.69, 9.17) is 0 Å². The molecule has 3 atom stereocenters. The van der Waals surface area contributed by atoms with Crippen LogP contribution >= 0.6 is 7.92 Å². The molecule has 0 bridgehead atoms. The summed E-state index contributed by atoms with van der Waals surface area (Å²) < 4.78 is 2.32. The van der Waals surface area contributed by atoms with Crippen molar-refractivity contribution in [1.82, 2.24) is 0 Å². The van der Waals surface area contributed by atoms with Gasteiger partial charge in [-0.1, -0.05) is 0 Å². The van der Waals surface area contributed by atoms with Gasteiger partial charge < -0.3 is 24.8 Å². The van der Waals surface area contributed by atoms with Crippen LogP contribution in [0.2, 0.25) is 0 Å². The van der Waals surface area contributed by atoms with Crippen LogP contribution in [0.4, 0.5) is 0 Å². The molecule has 0 fully saturated rings. The van der Waals surface area contributed by atoms with Crippen molar-refractivity contribution >= 4 is 17.9 Å². The van der Waals surface area contributed by atoms with E-state index >= 15 is 0 Å². The van der Waals surface area contributed by atoms with Gasteiger partial charge in [0.2, 0.25) is 0 Å². The molecule has 0 aliphatic heterocycles. The maximum atomic E-state index is 2.62. The minimum atomic E-state index is -0.338. The first kappa shape index (κ1) is 27.7. The minimum Gasteiger partial charge on any atom is -1.00 e. The largest absolute Gasteiger partial charge is 1.00 e. The molecule has 0 aromatic heterocycles. The normalized spacial score (nSPS) is 17.6. The van der Waals surface area contributed by atoms with Gasteiger partial charge >= 0.3 is 205 Å². The molecular weight excluding hydrogens is 510 g/mol. The minimum absolute atomic E-state index is 0. The summed E-state index contributed by atoms with van der Waals surface area (Å²) in [5, 5.41) is 1.80. The first-order chi connectivity index (χ1) is 15.6. The number of hydrogen-bond donors (Lipinski definition) is 0. The number of halogens is 2. The molecule has 0 N–H and O–H groups in total. The van der Waals surface area contributed by atoms with Crippen LogP contribution < -0.4 is 28.7 Å². The molecule has 0 saturated carbocycles. The Morgan fingerprint density at radius 2 is 1.47 bits per heavy atom. The summed E-state index contributed by atoms with van der Waals surface area (Å²) in [7, 11) is -0.126. The fraction of sp³-hybridized carbons (Fsp3) is 0.333. The maximum absolute atomic E-state index is 2.62. The summed E-state index contributed by atoms with van der Waals surface area (Å²) in [5.74, 6) is 0. The Kier molecular flexibility index (Phi) is 9.70. The number of hydrogen-bond acceptors (Lipinski definition) is 0. The van der Waals surface area contributed by atoms with E-state index in [1.165, 1.54) is 35.1 Å².